The Labute approximate surface area is 104 Å². The molecular weight excluding hydrogens is 264 g/mol. The number of anilines is 1. The highest BCUT2D eigenvalue weighted by Gasteiger charge is 2.20. The van der Waals surface area contributed by atoms with Gasteiger partial charge in [0.15, 0.2) is 0 Å². The first-order valence-electron chi connectivity index (χ1n) is 4.57. The number of hydrogen-bond donors (Lipinski definition) is 2. The number of nitro groups is 1. The molecule has 2 aromatic rings. The Hall–Kier alpha value is -2.55. The molecule has 0 unspecified atom stereocenters. The van der Waals surface area contributed by atoms with E-state index in [9.17, 15) is 14.9 Å². The van der Waals surface area contributed by atoms with Crippen LogP contribution in [0.25, 0.3) is 0 Å². The van der Waals surface area contributed by atoms with E-state index in [-0.39, 0.29) is 22.2 Å². The van der Waals surface area contributed by atoms with Gasteiger partial charge in [0.25, 0.3) is 17.5 Å². The molecule has 0 atom stereocenters. The van der Waals surface area contributed by atoms with E-state index >= 15 is 0 Å². The summed E-state index contributed by atoms with van der Waals surface area (Å²) in [4.78, 5) is 21.8. The van der Waals surface area contributed by atoms with Crippen molar-refractivity contribution < 1.29 is 9.72 Å². The number of carbonyl (C=O) groups excluding carboxylic acids is 1. The lowest BCUT2D eigenvalue weighted by Crippen LogP contribution is -2.14. The number of rotatable bonds is 3. The van der Waals surface area contributed by atoms with E-state index in [1.54, 1.807) is 0 Å². The van der Waals surface area contributed by atoms with Gasteiger partial charge in [-0.05, 0) is 11.3 Å². The quantitative estimate of drug-likeness (QED) is 0.632. The van der Waals surface area contributed by atoms with Gasteiger partial charge in [-0.1, -0.05) is 22.8 Å². The van der Waals surface area contributed by atoms with Gasteiger partial charge in [-0.3, -0.25) is 20.2 Å². The van der Waals surface area contributed by atoms with Crippen molar-refractivity contribution >= 4 is 29.1 Å². The number of nitrogens with zero attached hydrogens (tertiary/aromatic N) is 4. The Morgan fingerprint density at radius 3 is 2.89 bits per heavy atom. The fourth-order valence-corrected chi connectivity index (χ4v) is 1.50. The number of carbonyl (C=O) groups is 1. The van der Waals surface area contributed by atoms with Gasteiger partial charge in [0.1, 0.15) is 5.02 Å². The molecule has 0 saturated carbocycles. The summed E-state index contributed by atoms with van der Waals surface area (Å²) in [5.41, 5.74) is -0.395. The van der Waals surface area contributed by atoms with Crippen molar-refractivity contribution in [3.8, 4) is 0 Å². The van der Waals surface area contributed by atoms with E-state index in [1.165, 1.54) is 18.2 Å². The average Bonchev–Trinajstić information content (AvgIpc) is 2.81. The second kappa shape index (κ2) is 4.75. The minimum atomic E-state index is -0.673. The van der Waals surface area contributed by atoms with Crippen LogP contribution in [0.15, 0.2) is 18.2 Å². The van der Waals surface area contributed by atoms with Crippen LogP contribution in [0.5, 0.6) is 0 Å². The predicted octanol–water partition coefficient (Wildman–Crippen LogP) is 1.01. The van der Waals surface area contributed by atoms with E-state index in [1.807, 2.05) is 0 Å². The molecule has 2 rings (SSSR count). The van der Waals surface area contributed by atoms with Crippen molar-refractivity contribution in [2.75, 3.05) is 5.32 Å². The van der Waals surface area contributed by atoms with Crippen LogP contribution in [0, 0.1) is 10.1 Å². The number of benzene rings is 1. The number of aromatic nitrogens is 4. The van der Waals surface area contributed by atoms with Crippen molar-refractivity contribution in [1.29, 1.82) is 0 Å². The van der Waals surface area contributed by atoms with Crippen molar-refractivity contribution in [3.05, 3.63) is 38.9 Å². The zero-order chi connectivity index (χ0) is 13.1. The smallest absolute Gasteiger partial charge is 0.288 e. The van der Waals surface area contributed by atoms with E-state index in [4.69, 9.17) is 11.6 Å². The summed E-state index contributed by atoms with van der Waals surface area (Å²) in [6, 6.07) is 3.91. The summed E-state index contributed by atoms with van der Waals surface area (Å²) in [6.07, 6.45) is 0. The molecule has 0 aliphatic rings. The Balaban J connectivity index is 2.31. The van der Waals surface area contributed by atoms with Crippen LogP contribution in [-0.2, 0) is 0 Å². The van der Waals surface area contributed by atoms with Crippen LogP contribution in [0.1, 0.15) is 10.4 Å². The van der Waals surface area contributed by atoms with Crippen molar-refractivity contribution in [2.45, 2.75) is 0 Å². The van der Waals surface area contributed by atoms with Gasteiger partial charge < -0.3 is 0 Å². The zero-order valence-corrected chi connectivity index (χ0v) is 9.38. The topological polar surface area (TPSA) is 127 Å². The maximum absolute atomic E-state index is 11.8. The molecule has 92 valence electrons. The highest BCUT2D eigenvalue weighted by molar-refractivity contribution is 6.36. The Bertz CT molecular complexity index is 599. The van der Waals surface area contributed by atoms with Crippen LogP contribution < -0.4 is 5.32 Å². The van der Waals surface area contributed by atoms with E-state index in [0.717, 1.165) is 0 Å². The minimum Gasteiger partial charge on any atom is -0.288 e. The number of nitrogens with one attached hydrogen (secondary N) is 2. The third-order valence-corrected chi connectivity index (χ3v) is 2.39. The maximum atomic E-state index is 11.8. The number of hydrogen-bond acceptors (Lipinski definition) is 6. The molecule has 2 N–H and O–H groups in total. The molecule has 0 spiro atoms. The third kappa shape index (κ3) is 2.25. The molecule has 9 nitrogen and oxygen atoms in total. The van der Waals surface area contributed by atoms with Crippen LogP contribution in [-0.4, -0.2) is 31.5 Å². The van der Waals surface area contributed by atoms with E-state index in [2.05, 4.69) is 25.9 Å². The molecule has 1 aromatic carbocycles. The molecular formula is C8H5ClN6O3. The second-order valence-corrected chi connectivity index (χ2v) is 3.46. The fraction of sp³-hybridized carbons (Fsp3) is 0. The maximum Gasteiger partial charge on any atom is 0.288 e. The second-order valence-electron chi connectivity index (χ2n) is 3.09. The standard InChI is InChI=1S/C8H5ClN6O3/c9-6-4(2-1-3-5(6)15(17)18)7(16)10-8-11-13-14-12-8/h1-3H,(H2,10,11,12,13,14,16). The molecule has 0 aliphatic carbocycles. The van der Waals surface area contributed by atoms with Crippen LogP contribution in [0.2, 0.25) is 5.02 Å². The Morgan fingerprint density at radius 1 is 1.50 bits per heavy atom. The summed E-state index contributed by atoms with van der Waals surface area (Å²) in [7, 11) is 0. The van der Waals surface area contributed by atoms with Gasteiger partial charge in [0, 0.05) is 6.07 Å². The molecule has 10 heteroatoms. The lowest BCUT2D eigenvalue weighted by atomic mass is 10.2. The van der Waals surface area contributed by atoms with Gasteiger partial charge in [-0.2, -0.15) is 5.21 Å². The molecule has 1 amide bonds. The number of halogens is 1. The number of nitro benzene ring substituents is 1. The SMILES string of the molecule is O=C(Nc1nn[nH]n1)c1cccc([N+](=O)[O-])c1Cl. The average molecular weight is 269 g/mol. The van der Waals surface area contributed by atoms with Gasteiger partial charge in [-0.25, -0.2) is 0 Å². The van der Waals surface area contributed by atoms with Gasteiger partial charge in [0.05, 0.1) is 10.5 Å². The summed E-state index contributed by atoms with van der Waals surface area (Å²) in [5.74, 6) is -0.715. The normalized spacial score (nSPS) is 10.1. The number of tetrazole rings is 1. The zero-order valence-electron chi connectivity index (χ0n) is 8.62. The Morgan fingerprint density at radius 2 is 2.28 bits per heavy atom. The summed E-state index contributed by atoms with van der Waals surface area (Å²) in [5, 5.41) is 25.1. The van der Waals surface area contributed by atoms with E-state index < -0.39 is 10.8 Å². The largest absolute Gasteiger partial charge is 0.288 e. The molecule has 18 heavy (non-hydrogen) atoms. The van der Waals surface area contributed by atoms with Gasteiger partial charge in [-0.15, -0.1) is 5.10 Å². The molecule has 1 aromatic heterocycles. The highest BCUT2D eigenvalue weighted by Crippen LogP contribution is 2.27. The molecule has 0 radical (unpaired) electrons. The monoisotopic (exact) mass is 268 g/mol. The number of H-pyrrole nitrogens is 1. The van der Waals surface area contributed by atoms with Crippen molar-refractivity contribution in [2.24, 2.45) is 0 Å². The summed E-state index contributed by atoms with van der Waals surface area (Å²) >= 11 is 5.77. The molecule has 0 saturated heterocycles. The molecule has 0 fully saturated rings. The first-order chi connectivity index (χ1) is 8.59. The van der Waals surface area contributed by atoms with E-state index in [0.29, 0.717) is 0 Å². The number of aromatic amines is 1. The summed E-state index contributed by atoms with van der Waals surface area (Å²) < 4.78 is 0. The van der Waals surface area contributed by atoms with Crippen LogP contribution in [0.4, 0.5) is 11.6 Å². The lowest BCUT2D eigenvalue weighted by molar-refractivity contribution is -0.384. The minimum absolute atomic E-state index is 0.0457. The number of amides is 1. The highest BCUT2D eigenvalue weighted by atomic mass is 35.5. The summed E-state index contributed by atoms with van der Waals surface area (Å²) in [6.45, 7) is 0. The molecule has 0 aliphatic heterocycles. The van der Waals surface area contributed by atoms with Gasteiger partial charge in [0.2, 0.25) is 0 Å². The van der Waals surface area contributed by atoms with Crippen LogP contribution in [0.3, 0.4) is 0 Å². The molecule has 1 heterocycles. The first-order valence-corrected chi connectivity index (χ1v) is 4.95. The fourth-order valence-electron chi connectivity index (χ4n) is 1.22. The first kappa shape index (κ1) is 11.9. The van der Waals surface area contributed by atoms with Gasteiger partial charge >= 0.3 is 0 Å². The third-order valence-electron chi connectivity index (χ3n) is 1.99. The Kier molecular flexibility index (Phi) is 3.15. The van der Waals surface area contributed by atoms with Crippen LogP contribution >= 0.6 is 11.6 Å². The predicted molar refractivity (Wildman–Crippen MR) is 60.2 cm³/mol. The van der Waals surface area contributed by atoms with Crippen molar-refractivity contribution in [1.82, 2.24) is 20.6 Å². The lowest BCUT2D eigenvalue weighted by Gasteiger charge is -2.03. The van der Waals surface area contributed by atoms with Crippen molar-refractivity contribution in [3.63, 3.8) is 0 Å². The molecule has 0 bridgehead atoms.